The molecule has 154 valence electrons. The maximum Gasteiger partial charge on any atom is 0.261 e. The van der Waals surface area contributed by atoms with Gasteiger partial charge in [0.05, 0.1) is 10.6 Å². The minimum Gasteiger partial charge on any atom is -0.366 e. The van der Waals surface area contributed by atoms with Gasteiger partial charge < -0.3 is 11.1 Å². The molecule has 0 saturated heterocycles. The fourth-order valence-corrected chi connectivity index (χ4v) is 4.24. The lowest BCUT2D eigenvalue weighted by molar-refractivity contribution is 0.0998. The Morgan fingerprint density at radius 1 is 0.933 bits per heavy atom. The van der Waals surface area contributed by atoms with Crippen LogP contribution >= 0.6 is 15.9 Å². The number of primary amides is 1. The van der Waals surface area contributed by atoms with Gasteiger partial charge in [0, 0.05) is 21.3 Å². The number of hydrogen-bond acceptors (Lipinski definition) is 4. The predicted octanol–water partition coefficient (Wildman–Crippen LogP) is 3.91. The zero-order valence-electron chi connectivity index (χ0n) is 15.8. The lowest BCUT2D eigenvalue weighted by Crippen LogP contribution is -2.16. The summed E-state index contributed by atoms with van der Waals surface area (Å²) in [5.74, 6) is -1.06. The van der Waals surface area contributed by atoms with Gasteiger partial charge in [-0.15, -0.1) is 0 Å². The standard InChI is InChI=1S/C21H18BrN3O4S/c1-13-5-10-18(22)19(11-13)25-30(28,29)17-4-2-3-15(12-17)21(27)24-16-8-6-14(7-9-16)20(23)26/h2-12,25H,1H3,(H2,23,26)(H,24,27). The molecule has 0 unspecified atom stereocenters. The van der Waals surface area contributed by atoms with E-state index < -0.39 is 21.8 Å². The second-order valence-corrected chi connectivity index (χ2v) is 9.05. The van der Waals surface area contributed by atoms with Crippen molar-refractivity contribution in [1.82, 2.24) is 0 Å². The maximum absolute atomic E-state index is 12.8. The number of benzene rings is 3. The summed E-state index contributed by atoms with van der Waals surface area (Å²) in [7, 11) is -3.91. The van der Waals surface area contributed by atoms with Gasteiger partial charge in [-0.25, -0.2) is 8.42 Å². The number of hydrogen-bond donors (Lipinski definition) is 3. The van der Waals surface area contributed by atoms with Crippen LogP contribution < -0.4 is 15.8 Å². The zero-order chi connectivity index (χ0) is 21.9. The molecule has 9 heteroatoms. The summed E-state index contributed by atoms with van der Waals surface area (Å²) < 4.78 is 28.7. The third-order valence-corrected chi connectivity index (χ3v) is 6.25. The van der Waals surface area contributed by atoms with Crippen molar-refractivity contribution >= 4 is 49.1 Å². The van der Waals surface area contributed by atoms with Crippen LogP contribution in [0.15, 0.2) is 76.1 Å². The summed E-state index contributed by atoms with van der Waals surface area (Å²) in [4.78, 5) is 23.6. The van der Waals surface area contributed by atoms with Crippen molar-refractivity contribution in [1.29, 1.82) is 0 Å². The molecule has 0 bridgehead atoms. The molecule has 0 radical (unpaired) electrons. The van der Waals surface area contributed by atoms with Crippen LogP contribution in [-0.2, 0) is 10.0 Å². The fourth-order valence-electron chi connectivity index (χ4n) is 2.65. The molecule has 3 aromatic rings. The molecule has 0 aromatic heterocycles. The first-order valence-electron chi connectivity index (χ1n) is 8.76. The van der Waals surface area contributed by atoms with Crippen LogP contribution in [0.2, 0.25) is 0 Å². The van der Waals surface area contributed by atoms with E-state index in [1.54, 1.807) is 12.1 Å². The van der Waals surface area contributed by atoms with Crippen molar-refractivity contribution in [3.05, 3.63) is 87.9 Å². The number of nitrogens with one attached hydrogen (secondary N) is 2. The Morgan fingerprint density at radius 3 is 2.30 bits per heavy atom. The van der Waals surface area contributed by atoms with Crippen LogP contribution in [0.4, 0.5) is 11.4 Å². The van der Waals surface area contributed by atoms with Crippen LogP contribution in [0.25, 0.3) is 0 Å². The van der Waals surface area contributed by atoms with E-state index in [1.807, 2.05) is 13.0 Å². The highest BCUT2D eigenvalue weighted by Gasteiger charge is 2.18. The third kappa shape index (κ3) is 5.05. The molecule has 3 aromatic carbocycles. The molecular weight excluding hydrogens is 470 g/mol. The Morgan fingerprint density at radius 2 is 1.63 bits per heavy atom. The molecule has 0 aliphatic rings. The molecule has 4 N–H and O–H groups in total. The summed E-state index contributed by atoms with van der Waals surface area (Å²) in [5, 5.41) is 2.66. The molecular formula is C21H18BrN3O4S. The Hall–Kier alpha value is -3.17. The van der Waals surface area contributed by atoms with Gasteiger partial charge in [0.15, 0.2) is 0 Å². The van der Waals surface area contributed by atoms with Crippen molar-refractivity contribution in [2.75, 3.05) is 10.0 Å². The Kier molecular flexibility index (Phi) is 6.23. The van der Waals surface area contributed by atoms with E-state index in [-0.39, 0.29) is 10.5 Å². The molecule has 0 aliphatic carbocycles. The number of aryl methyl sites for hydroxylation is 1. The molecule has 0 aliphatic heterocycles. The average Bonchev–Trinajstić information content (AvgIpc) is 2.71. The number of anilines is 2. The quantitative estimate of drug-likeness (QED) is 0.488. The van der Waals surface area contributed by atoms with E-state index in [0.717, 1.165) is 5.56 Å². The molecule has 0 spiro atoms. The van der Waals surface area contributed by atoms with Gasteiger partial charge in [0.1, 0.15) is 0 Å². The van der Waals surface area contributed by atoms with Crippen molar-refractivity contribution in [3.63, 3.8) is 0 Å². The number of carbonyl (C=O) groups is 2. The molecule has 30 heavy (non-hydrogen) atoms. The van der Waals surface area contributed by atoms with Crippen molar-refractivity contribution < 1.29 is 18.0 Å². The van der Waals surface area contributed by atoms with Crippen LogP contribution in [0.3, 0.4) is 0 Å². The number of nitrogens with two attached hydrogens (primary N) is 1. The van der Waals surface area contributed by atoms with Crippen LogP contribution in [-0.4, -0.2) is 20.2 Å². The molecule has 0 saturated carbocycles. The summed E-state index contributed by atoms with van der Waals surface area (Å²) in [6.45, 7) is 1.85. The molecule has 3 rings (SSSR count). The molecule has 0 fully saturated rings. The minimum atomic E-state index is -3.91. The molecule has 0 atom stereocenters. The smallest absolute Gasteiger partial charge is 0.261 e. The number of sulfonamides is 1. The van der Waals surface area contributed by atoms with Gasteiger partial charge in [0.2, 0.25) is 5.91 Å². The van der Waals surface area contributed by atoms with Crippen molar-refractivity contribution in [3.8, 4) is 0 Å². The third-order valence-electron chi connectivity index (χ3n) is 4.20. The lowest BCUT2D eigenvalue weighted by atomic mass is 10.2. The molecule has 2 amide bonds. The molecule has 0 heterocycles. The largest absolute Gasteiger partial charge is 0.366 e. The number of carbonyl (C=O) groups excluding carboxylic acids is 2. The predicted molar refractivity (Wildman–Crippen MR) is 119 cm³/mol. The van der Waals surface area contributed by atoms with Crippen LogP contribution in [0.5, 0.6) is 0 Å². The molecule has 7 nitrogen and oxygen atoms in total. The van der Waals surface area contributed by atoms with E-state index >= 15 is 0 Å². The fraction of sp³-hybridized carbons (Fsp3) is 0.0476. The van der Waals surface area contributed by atoms with Gasteiger partial charge in [0.25, 0.3) is 15.9 Å². The summed E-state index contributed by atoms with van der Waals surface area (Å²) in [6.07, 6.45) is 0. The van der Waals surface area contributed by atoms with E-state index in [2.05, 4.69) is 26.0 Å². The van der Waals surface area contributed by atoms with E-state index in [0.29, 0.717) is 21.4 Å². The Labute approximate surface area is 182 Å². The second-order valence-electron chi connectivity index (χ2n) is 6.51. The SMILES string of the molecule is Cc1ccc(Br)c(NS(=O)(=O)c2cccc(C(=O)Nc3ccc(C(N)=O)cc3)c2)c1. The summed E-state index contributed by atoms with van der Waals surface area (Å²) in [6, 6.07) is 17.1. The Balaban J connectivity index is 1.81. The number of amides is 2. The van der Waals surface area contributed by atoms with E-state index in [9.17, 15) is 18.0 Å². The van der Waals surface area contributed by atoms with E-state index in [4.69, 9.17) is 5.73 Å². The number of halogens is 1. The highest BCUT2D eigenvalue weighted by Crippen LogP contribution is 2.26. The summed E-state index contributed by atoms with van der Waals surface area (Å²) >= 11 is 3.32. The Bertz CT molecular complexity index is 1230. The van der Waals surface area contributed by atoms with Gasteiger partial charge in [-0.1, -0.05) is 12.1 Å². The van der Waals surface area contributed by atoms with Crippen LogP contribution in [0.1, 0.15) is 26.3 Å². The van der Waals surface area contributed by atoms with Crippen molar-refractivity contribution in [2.45, 2.75) is 11.8 Å². The highest BCUT2D eigenvalue weighted by molar-refractivity contribution is 9.10. The number of rotatable bonds is 6. The first-order chi connectivity index (χ1) is 14.2. The summed E-state index contributed by atoms with van der Waals surface area (Å²) in [5.41, 5.74) is 7.42. The van der Waals surface area contributed by atoms with E-state index in [1.165, 1.54) is 48.5 Å². The normalized spacial score (nSPS) is 11.0. The first kappa shape index (κ1) is 21.5. The first-order valence-corrected chi connectivity index (χ1v) is 11.0. The second kappa shape index (κ2) is 8.68. The topological polar surface area (TPSA) is 118 Å². The van der Waals surface area contributed by atoms with Gasteiger partial charge in [-0.05, 0) is 83.0 Å². The van der Waals surface area contributed by atoms with Crippen molar-refractivity contribution in [2.24, 2.45) is 5.73 Å². The highest BCUT2D eigenvalue weighted by atomic mass is 79.9. The van der Waals surface area contributed by atoms with Gasteiger partial charge >= 0.3 is 0 Å². The average molecular weight is 488 g/mol. The van der Waals surface area contributed by atoms with Gasteiger partial charge in [-0.2, -0.15) is 0 Å². The minimum absolute atomic E-state index is 0.0485. The lowest BCUT2D eigenvalue weighted by Gasteiger charge is -2.12. The van der Waals surface area contributed by atoms with Crippen LogP contribution in [0, 0.1) is 6.92 Å². The zero-order valence-corrected chi connectivity index (χ0v) is 18.2. The van der Waals surface area contributed by atoms with Gasteiger partial charge in [-0.3, -0.25) is 14.3 Å². The monoisotopic (exact) mass is 487 g/mol. The maximum atomic E-state index is 12.8.